The van der Waals surface area contributed by atoms with E-state index >= 15 is 0 Å². The van der Waals surface area contributed by atoms with E-state index in [4.69, 9.17) is 22.3 Å². The van der Waals surface area contributed by atoms with Crippen LogP contribution in [0.25, 0.3) is 0 Å². The maximum absolute atomic E-state index is 12.3. The summed E-state index contributed by atoms with van der Waals surface area (Å²) in [5.74, 6) is -6.41. The third kappa shape index (κ3) is 9.48. The Balaban J connectivity index is 5.17. The fourth-order valence-corrected chi connectivity index (χ4v) is 1.97. The Morgan fingerprint density at radius 2 is 1.24 bits per heavy atom. The lowest BCUT2D eigenvalue weighted by Gasteiger charge is -2.23. The van der Waals surface area contributed by atoms with E-state index in [1.165, 1.54) is 13.8 Å². The Morgan fingerprint density at radius 3 is 1.66 bits per heavy atom. The summed E-state index contributed by atoms with van der Waals surface area (Å²) in [7, 11) is 0. The SMILES string of the molecule is CC(NC(=O)C(N)C(C)O)C(=O)NC(CC(N)=O)C(=O)NC(CC(N)=O)C(=O)O. The summed E-state index contributed by atoms with van der Waals surface area (Å²) < 4.78 is 0. The quantitative estimate of drug-likeness (QED) is 0.151. The molecule has 29 heavy (non-hydrogen) atoms. The van der Waals surface area contributed by atoms with Crippen LogP contribution in [0.5, 0.6) is 0 Å². The van der Waals surface area contributed by atoms with Gasteiger partial charge in [-0.25, -0.2) is 4.79 Å². The zero-order chi connectivity index (χ0) is 22.9. The molecule has 5 atom stereocenters. The molecule has 0 aliphatic rings. The Bertz CT molecular complexity index is 667. The summed E-state index contributed by atoms with van der Waals surface area (Å²) in [6.07, 6.45) is -2.59. The lowest BCUT2D eigenvalue weighted by Crippen LogP contribution is -2.58. The molecule has 0 rings (SSSR count). The predicted octanol–water partition coefficient (Wildman–Crippen LogP) is -5.00. The lowest BCUT2D eigenvalue weighted by atomic mass is 10.1. The highest BCUT2D eigenvalue weighted by Crippen LogP contribution is 1.99. The van der Waals surface area contributed by atoms with Crippen LogP contribution >= 0.6 is 0 Å². The summed E-state index contributed by atoms with van der Waals surface area (Å²) in [6.45, 7) is 2.52. The smallest absolute Gasteiger partial charge is 0.326 e. The monoisotopic (exact) mass is 418 g/mol. The Morgan fingerprint density at radius 1 is 0.793 bits per heavy atom. The molecule has 164 valence electrons. The van der Waals surface area contributed by atoms with Gasteiger partial charge in [-0.15, -0.1) is 0 Å². The first-order chi connectivity index (χ1) is 13.3. The number of nitrogens with one attached hydrogen (secondary N) is 3. The predicted molar refractivity (Wildman–Crippen MR) is 96.4 cm³/mol. The van der Waals surface area contributed by atoms with Crippen molar-refractivity contribution in [3.05, 3.63) is 0 Å². The first kappa shape index (κ1) is 25.7. The Kier molecular flexibility index (Phi) is 10.3. The minimum atomic E-state index is -1.69. The summed E-state index contributed by atoms with van der Waals surface area (Å²) in [4.78, 5) is 69.5. The van der Waals surface area contributed by atoms with Crippen LogP contribution in [0, 0.1) is 0 Å². The molecular weight excluding hydrogens is 392 g/mol. The molecule has 0 aliphatic carbocycles. The van der Waals surface area contributed by atoms with Crippen molar-refractivity contribution in [3.63, 3.8) is 0 Å². The van der Waals surface area contributed by atoms with Gasteiger partial charge in [0.15, 0.2) is 0 Å². The van der Waals surface area contributed by atoms with Crippen molar-refractivity contribution in [2.75, 3.05) is 0 Å². The van der Waals surface area contributed by atoms with Crippen LogP contribution < -0.4 is 33.2 Å². The fourth-order valence-electron chi connectivity index (χ4n) is 1.97. The van der Waals surface area contributed by atoms with Crippen molar-refractivity contribution in [3.8, 4) is 0 Å². The van der Waals surface area contributed by atoms with Gasteiger partial charge in [0, 0.05) is 0 Å². The first-order valence-corrected chi connectivity index (χ1v) is 8.40. The number of hydrogen-bond acceptors (Lipinski definition) is 8. The number of nitrogens with two attached hydrogens (primary N) is 3. The molecule has 0 aromatic rings. The molecule has 0 fully saturated rings. The van der Waals surface area contributed by atoms with E-state index in [1.807, 2.05) is 5.32 Å². The molecular formula is C15H26N6O8. The largest absolute Gasteiger partial charge is 0.480 e. The van der Waals surface area contributed by atoms with Crippen molar-refractivity contribution in [2.24, 2.45) is 17.2 Å². The number of aliphatic carboxylic acids is 1. The van der Waals surface area contributed by atoms with Crippen molar-refractivity contribution in [1.82, 2.24) is 16.0 Å². The molecule has 0 aromatic heterocycles. The van der Waals surface area contributed by atoms with Crippen LogP contribution in [0.15, 0.2) is 0 Å². The van der Waals surface area contributed by atoms with Crippen molar-refractivity contribution < 1.29 is 39.0 Å². The maximum Gasteiger partial charge on any atom is 0.326 e. The number of primary amides is 2. The van der Waals surface area contributed by atoms with Gasteiger partial charge in [0.2, 0.25) is 29.5 Å². The first-order valence-electron chi connectivity index (χ1n) is 8.40. The number of aliphatic hydroxyl groups excluding tert-OH is 1. The fraction of sp³-hybridized carbons (Fsp3) is 0.600. The summed E-state index contributed by atoms with van der Waals surface area (Å²) in [6, 6.07) is -5.80. The lowest BCUT2D eigenvalue weighted by molar-refractivity contribution is -0.144. The molecule has 14 nitrogen and oxygen atoms in total. The highest BCUT2D eigenvalue weighted by atomic mass is 16.4. The summed E-state index contributed by atoms with van der Waals surface area (Å²) in [5, 5.41) is 24.6. The number of rotatable bonds is 12. The van der Waals surface area contributed by atoms with E-state index < -0.39 is 78.6 Å². The number of carboxylic acid groups (broad SMARTS) is 1. The van der Waals surface area contributed by atoms with Crippen LogP contribution in [0.4, 0.5) is 0 Å². The van der Waals surface area contributed by atoms with Gasteiger partial charge in [0.1, 0.15) is 24.2 Å². The average Bonchev–Trinajstić information content (AvgIpc) is 2.58. The molecule has 5 amide bonds. The van der Waals surface area contributed by atoms with E-state index in [9.17, 15) is 33.9 Å². The van der Waals surface area contributed by atoms with E-state index in [1.54, 1.807) is 0 Å². The van der Waals surface area contributed by atoms with E-state index in [2.05, 4.69) is 10.6 Å². The van der Waals surface area contributed by atoms with Gasteiger partial charge in [-0.1, -0.05) is 0 Å². The zero-order valence-electron chi connectivity index (χ0n) is 15.9. The third-order valence-electron chi connectivity index (χ3n) is 3.63. The molecule has 0 bridgehead atoms. The van der Waals surface area contributed by atoms with Crippen LogP contribution in [0.2, 0.25) is 0 Å². The van der Waals surface area contributed by atoms with E-state index in [0.717, 1.165) is 0 Å². The molecule has 0 saturated heterocycles. The molecule has 0 aromatic carbocycles. The van der Waals surface area contributed by atoms with E-state index in [0.29, 0.717) is 0 Å². The van der Waals surface area contributed by atoms with Crippen LogP contribution in [-0.2, 0) is 28.8 Å². The van der Waals surface area contributed by atoms with Gasteiger partial charge in [-0.05, 0) is 13.8 Å². The van der Waals surface area contributed by atoms with E-state index in [-0.39, 0.29) is 0 Å². The number of hydrogen-bond donors (Lipinski definition) is 8. The third-order valence-corrected chi connectivity index (χ3v) is 3.63. The molecule has 0 saturated carbocycles. The Labute approximate surface area is 165 Å². The number of carbonyl (C=O) groups is 6. The highest BCUT2D eigenvalue weighted by Gasteiger charge is 2.30. The standard InChI is InChI=1S/C15H26N6O8/c1-5(19-14(27)11(18)6(2)22)12(25)20-7(3-9(16)23)13(26)21-8(15(28)29)4-10(17)24/h5-8,11,22H,3-4,18H2,1-2H3,(H2,16,23)(H2,17,24)(H,19,27)(H,20,25)(H,21,26)(H,28,29). The number of carboxylic acids is 1. The van der Waals surface area contributed by atoms with Gasteiger partial charge in [-0.3, -0.25) is 24.0 Å². The number of amides is 5. The zero-order valence-corrected chi connectivity index (χ0v) is 15.9. The normalized spacial score (nSPS) is 15.7. The van der Waals surface area contributed by atoms with Gasteiger partial charge < -0.3 is 43.4 Å². The molecule has 0 radical (unpaired) electrons. The van der Waals surface area contributed by atoms with Crippen molar-refractivity contribution in [1.29, 1.82) is 0 Å². The maximum atomic E-state index is 12.3. The minimum absolute atomic E-state index is 0.686. The molecule has 0 aliphatic heterocycles. The van der Waals surface area contributed by atoms with Crippen molar-refractivity contribution >= 4 is 35.5 Å². The topological polar surface area (TPSA) is 257 Å². The van der Waals surface area contributed by atoms with Crippen LogP contribution in [0.1, 0.15) is 26.7 Å². The molecule has 0 heterocycles. The second-order valence-electron chi connectivity index (χ2n) is 6.30. The van der Waals surface area contributed by atoms with Gasteiger partial charge in [-0.2, -0.15) is 0 Å². The molecule has 5 unspecified atom stereocenters. The summed E-state index contributed by atoms with van der Waals surface area (Å²) >= 11 is 0. The van der Waals surface area contributed by atoms with Gasteiger partial charge in [0.25, 0.3) is 0 Å². The van der Waals surface area contributed by atoms with Gasteiger partial charge in [0.05, 0.1) is 18.9 Å². The van der Waals surface area contributed by atoms with Crippen LogP contribution in [0.3, 0.4) is 0 Å². The summed E-state index contributed by atoms with van der Waals surface area (Å²) in [5.41, 5.74) is 15.4. The second-order valence-corrected chi connectivity index (χ2v) is 6.30. The number of aliphatic hydroxyl groups is 1. The van der Waals surface area contributed by atoms with Crippen LogP contribution in [-0.4, -0.2) is 76.0 Å². The van der Waals surface area contributed by atoms with Crippen molar-refractivity contribution in [2.45, 2.75) is 57.0 Å². The molecule has 0 spiro atoms. The van der Waals surface area contributed by atoms with Gasteiger partial charge >= 0.3 is 5.97 Å². The minimum Gasteiger partial charge on any atom is -0.480 e. The second kappa shape index (κ2) is 11.6. The number of carbonyl (C=O) groups excluding carboxylic acids is 5. The average molecular weight is 418 g/mol. The Hall–Kier alpha value is -3.26. The highest BCUT2D eigenvalue weighted by molar-refractivity contribution is 5.96. The molecule has 11 N–H and O–H groups in total. The molecule has 14 heteroatoms.